The number of methoxy groups -OCH3 is 1. The van der Waals surface area contributed by atoms with Crippen LogP contribution < -0.4 is 14.8 Å². The van der Waals surface area contributed by atoms with Gasteiger partial charge >= 0.3 is 5.97 Å². The third kappa shape index (κ3) is 5.14. The number of hydrogen-bond acceptors (Lipinski definition) is 4. The molecule has 2 rings (SSSR count). The molecule has 23 heavy (non-hydrogen) atoms. The molecule has 2 aromatic carbocycles. The van der Waals surface area contributed by atoms with E-state index in [4.69, 9.17) is 9.47 Å². The first kappa shape index (κ1) is 16.5. The summed E-state index contributed by atoms with van der Waals surface area (Å²) >= 11 is 0. The Kier molecular flexibility index (Phi) is 5.74. The van der Waals surface area contributed by atoms with Crippen molar-refractivity contribution >= 4 is 11.9 Å². The average molecular weight is 313 g/mol. The van der Waals surface area contributed by atoms with Crippen LogP contribution in [0.1, 0.15) is 11.1 Å². The molecule has 0 saturated carbocycles. The molecule has 5 nitrogen and oxygen atoms in total. The minimum absolute atomic E-state index is 0.141. The molecule has 0 fully saturated rings. The van der Waals surface area contributed by atoms with Gasteiger partial charge in [0.15, 0.2) is 0 Å². The second-order valence-electron chi connectivity index (χ2n) is 5.05. The van der Waals surface area contributed by atoms with Gasteiger partial charge in [-0.3, -0.25) is 4.79 Å². The van der Waals surface area contributed by atoms with Gasteiger partial charge in [-0.25, -0.2) is 4.79 Å². The fourth-order valence-electron chi connectivity index (χ4n) is 2.03. The maximum atomic E-state index is 11.9. The number of hydrogen-bond donors (Lipinski definition) is 1. The summed E-state index contributed by atoms with van der Waals surface area (Å²) in [5.41, 5.74) is 1.84. The van der Waals surface area contributed by atoms with Gasteiger partial charge in [0, 0.05) is 5.56 Å². The summed E-state index contributed by atoms with van der Waals surface area (Å²) < 4.78 is 10.3. The Morgan fingerprint density at radius 3 is 2.43 bits per heavy atom. The van der Waals surface area contributed by atoms with Crippen molar-refractivity contribution in [3.8, 4) is 11.5 Å². The molecule has 0 radical (unpaired) electrons. The van der Waals surface area contributed by atoms with Crippen LogP contribution in [0.25, 0.3) is 0 Å². The summed E-state index contributed by atoms with van der Waals surface area (Å²) in [7, 11) is 1.55. The van der Waals surface area contributed by atoms with E-state index in [1.165, 1.54) is 0 Å². The Balaban J connectivity index is 1.82. The number of nitrogens with one attached hydrogen (secondary N) is 1. The van der Waals surface area contributed by atoms with E-state index in [2.05, 4.69) is 5.32 Å². The van der Waals surface area contributed by atoms with E-state index in [1.54, 1.807) is 25.3 Å². The number of amides is 1. The van der Waals surface area contributed by atoms with E-state index in [-0.39, 0.29) is 18.9 Å². The van der Waals surface area contributed by atoms with Crippen molar-refractivity contribution in [3.63, 3.8) is 0 Å². The normalized spacial score (nSPS) is 10.0. The zero-order valence-electron chi connectivity index (χ0n) is 13.2. The first-order valence-corrected chi connectivity index (χ1v) is 7.24. The zero-order chi connectivity index (χ0) is 16.7. The van der Waals surface area contributed by atoms with Gasteiger partial charge in [0.05, 0.1) is 13.5 Å². The van der Waals surface area contributed by atoms with Crippen LogP contribution in [0.15, 0.2) is 48.5 Å². The molecule has 0 aliphatic heterocycles. The Labute approximate surface area is 135 Å². The number of ether oxygens (including phenoxy) is 2. The van der Waals surface area contributed by atoms with E-state index in [9.17, 15) is 9.59 Å². The van der Waals surface area contributed by atoms with Crippen molar-refractivity contribution in [2.45, 2.75) is 13.3 Å². The second-order valence-corrected chi connectivity index (χ2v) is 5.05. The Bertz CT molecular complexity index is 680. The number of benzene rings is 2. The number of rotatable bonds is 6. The molecule has 0 heterocycles. The number of aryl methyl sites for hydroxylation is 1. The molecular weight excluding hydrogens is 294 g/mol. The Hall–Kier alpha value is -2.82. The minimum Gasteiger partial charge on any atom is -0.496 e. The number of carbonyl (C=O) groups excluding carboxylic acids is 2. The molecule has 0 aromatic heterocycles. The predicted octanol–water partition coefficient (Wildman–Crippen LogP) is 2.27. The quantitative estimate of drug-likeness (QED) is 0.656. The van der Waals surface area contributed by atoms with Gasteiger partial charge < -0.3 is 14.8 Å². The van der Waals surface area contributed by atoms with Crippen LogP contribution in [-0.2, 0) is 16.0 Å². The fraction of sp³-hybridized carbons (Fsp3) is 0.222. The molecule has 1 amide bonds. The van der Waals surface area contributed by atoms with E-state index in [1.807, 2.05) is 37.3 Å². The lowest BCUT2D eigenvalue weighted by Crippen LogP contribution is -2.33. The van der Waals surface area contributed by atoms with Crippen molar-refractivity contribution in [2.75, 3.05) is 13.7 Å². The fourth-order valence-corrected chi connectivity index (χ4v) is 2.03. The highest BCUT2D eigenvalue weighted by molar-refractivity contribution is 5.84. The maximum Gasteiger partial charge on any atom is 0.330 e. The molecule has 0 saturated heterocycles. The monoisotopic (exact) mass is 313 g/mol. The van der Waals surface area contributed by atoms with E-state index in [0.29, 0.717) is 11.5 Å². The lowest BCUT2D eigenvalue weighted by atomic mass is 10.1. The topological polar surface area (TPSA) is 64.6 Å². The molecule has 2 aromatic rings. The Morgan fingerprint density at radius 2 is 1.74 bits per heavy atom. The van der Waals surface area contributed by atoms with Gasteiger partial charge in [0.25, 0.3) is 0 Å². The maximum absolute atomic E-state index is 11.9. The first-order chi connectivity index (χ1) is 11.1. The van der Waals surface area contributed by atoms with Crippen molar-refractivity contribution in [3.05, 3.63) is 59.7 Å². The standard InChI is InChI=1S/C18H19NO4/c1-13-7-9-15(10-8-13)23-18(21)12-19-17(20)11-14-5-3-4-6-16(14)22-2/h3-10H,11-12H2,1-2H3,(H,19,20). The number of esters is 1. The van der Waals surface area contributed by atoms with E-state index in [0.717, 1.165) is 11.1 Å². The van der Waals surface area contributed by atoms with Gasteiger partial charge in [-0.15, -0.1) is 0 Å². The highest BCUT2D eigenvalue weighted by Crippen LogP contribution is 2.17. The van der Waals surface area contributed by atoms with Crippen LogP contribution in [0.4, 0.5) is 0 Å². The average Bonchev–Trinajstić information content (AvgIpc) is 2.55. The van der Waals surface area contributed by atoms with Gasteiger partial charge in [0.2, 0.25) is 5.91 Å². The second kappa shape index (κ2) is 7.98. The molecule has 0 atom stereocenters. The smallest absolute Gasteiger partial charge is 0.330 e. The third-order valence-electron chi connectivity index (χ3n) is 3.23. The molecule has 0 unspecified atom stereocenters. The lowest BCUT2D eigenvalue weighted by molar-refractivity contribution is -0.135. The highest BCUT2D eigenvalue weighted by atomic mass is 16.5. The van der Waals surface area contributed by atoms with Crippen LogP contribution in [0.5, 0.6) is 11.5 Å². The molecule has 120 valence electrons. The van der Waals surface area contributed by atoms with Crippen LogP contribution in [0, 0.1) is 6.92 Å². The summed E-state index contributed by atoms with van der Waals surface area (Å²) in [6.07, 6.45) is 0.141. The van der Waals surface area contributed by atoms with Crippen molar-refractivity contribution < 1.29 is 19.1 Å². The van der Waals surface area contributed by atoms with Gasteiger partial charge in [0.1, 0.15) is 18.0 Å². The first-order valence-electron chi connectivity index (χ1n) is 7.24. The summed E-state index contributed by atoms with van der Waals surface area (Å²) in [5, 5.41) is 2.54. The molecule has 0 spiro atoms. The van der Waals surface area contributed by atoms with Gasteiger partial charge in [-0.05, 0) is 25.1 Å². The molecule has 5 heteroatoms. The molecule has 1 N–H and O–H groups in total. The molecule has 0 aliphatic carbocycles. The summed E-state index contributed by atoms with van der Waals surface area (Å²) in [4.78, 5) is 23.6. The minimum atomic E-state index is -0.512. The summed E-state index contributed by atoms with van der Waals surface area (Å²) in [6, 6.07) is 14.4. The van der Waals surface area contributed by atoms with Crippen LogP contribution >= 0.6 is 0 Å². The van der Waals surface area contributed by atoms with E-state index < -0.39 is 5.97 Å². The van der Waals surface area contributed by atoms with Crippen LogP contribution in [-0.4, -0.2) is 25.5 Å². The van der Waals surface area contributed by atoms with E-state index >= 15 is 0 Å². The van der Waals surface area contributed by atoms with Crippen molar-refractivity contribution in [1.82, 2.24) is 5.32 Å². The largest absolute Gasteiger partial charge is 0.496 e. The van der Waals surface area contributed by atoms with Crippen molar-refractivity contribution in [1.29, 1.82) is 0 Å². The number of para-hydroxylation sites is 1. The summed E-state index contributed by atoms with van der Waals surface area (Å²) in [6.45, 7) is 1.77. The summed E-state index contributed by atoms with van der Waals surface area (Å²) in [5.74, 6) is 0.321. The van der Waals surface area contributed by atoms with Gasteiger partial charge in [-0.1, -0.05) is 35.9 Å². The third-order valence-corrected chi connectivity index (χ3v) is 3.23. The van der Waals surface area contributed by atoms with Crippen LogP contribution in [0.3, 0.4) is 0 Å². The highest BCUT2D eigenvalue weighted by Gasteiger charge is 2.11. The molecule has 0 bridgehead atoms. The lowest BCUT2D eigenvalue weighted by Gasteiger charge is -2.09. The SMILES string of the molecule is COc1ccccc1CC(=O)NCC(=O)Oc1ccc(C)cc1. The predicted molar refractivity (Wildman–Crippen MR) is 86.5 cm³/mol. The zero-order valence-corrected chi connectivity index (χ0v) is 13.2. The van der Waals surface area contributed by atoms with Crippen LogP contribution in [0.2, 0.25) is 0 Å². The van der Waals surface area contributed by atoms with Gasteiger partial charge in [-0.2, -0.15) is 0 Å². The number of carbonyl (C=O) groups is 2. The molecular formula is C18H19NO4. The Morgan fingerprint density at radius 1 is 1.04 bits per heavy atom. The molecule has 0 aliphatic rings. The van der Waals surface area contributed by atoms with Crippen molar-refractivity contribution in [2.24, 2.45) is 0 Å².